The van der Waals surface area contributed by atoms with Gasteiger partial charge in [0.05, 0.1) is 4.92 Å². The van der Waals surface area contributed by atoms with Crippen molar-refractivity contribution in [1.29, 1.82) is 0 Å². The average molecular weight is 290 g/mol. The summed E-state index contributed by atoms with van der Waals surface area (Å²) in [6.45, 7) is 8.91. The molecule has 1 fully saturated rings. The van der Waals surface area contributed by atoms with Gasteiger partial charge >= 0.3 is 0 Å². The molecule has 2 rings (SSSR count). The summed E-state index contributed by atoms with van der Waals surface area (Å²) in [4.78, 5) is 24.6. The molecule has 1 heterocycles. The Bertz CT molecular complexity index is 571. The zero-order valence-electron chi connectivity index (χ0n) is 13.0. The number of benzene rings is 1. The molecule has 5 heteroatoms. The first-order valence-electron chi connectivity index (χ1n) is 7.37. The molecule has 5 nitrogen and oxygen atoms in total. The summed E-state index contributed by atoms with van der Waals surface area (Å²) >= 11 is 0. The third-order valence-electron chi connectivity index (χ3n) is 4.48. The molecule has 1 aliphatic heterocycles. The maximum atomic E-state index is 11.9. The Morgan fingerprint density at radius 1 is 1.33 bits per heavy atom. The predicted molar refractivity (Wildman–Crippen MR) is 82.9 cm³/mol. The van der Waals surface area contributed by atoms with Crippen LogP contribution in [-0.2, 0) is 0 Å². The van der Waals surface area contributed by atoms with Crippen LogP contribution in [0.2, 0.25) is 0 Å². The minimum Gasteiger partial charge on any atom is -0.368 e. The van der Waals surface area contributed by atoms with E-state index in [-0.39, 0.29) is 11.5 Å². The highest BCUT2D eigenvalue weighted by atomic mass is 16.6. The summed E-state index contributed by atoms with van der Waals surface area (Å²) in [6, 6.07) is 4.92. The Hall–Kier alpha value is -1.91. The van der Waals surface area contributed by atoms with Crippen molar-refractivity contribution in [1.82, 2.24) is 0 Å². The number of hydrogen-bond donors (Lipinski definition) is 0. The number of nitro groups is 1. The number of nitro benzene ring substituents is 1. The van der Waals surface area contributed by atoms with Gasteiger partial charge in [-0.25, -0.2) is 0 Å². The summed E-state index contributed by atoms with van der Waals surface area (Å²) in [5.74, 6) is 0.946. The van der Waals surface area contributed by atoms with Gasteiger partial charge in [-0.1, -0.05) is 13.8 Å². The second kappa shape index (κ2) is 5.84. The van der Waals surface area contributed by atoms with Gasteiger partial charge in [0.15, 0.2) is 5.78 Å². The van der Waals surface area contributed by atoms with E-state index < -0.39 is 4.92 Å². The van der Waals surface area contributed by atoms with E-state index in [4.69, 9.17) is 0 Å². The summed E-state index contributed by atoms with van der Waals surface area (Å²) < 4.78 is 0. The largest absolute Gasteiger partial charge is 0.368 e. The van der Waals surface area contributed by atoms with E-state index in [1.165, 1.54) is 25.5 Å². The third-order valence-corrected chi connectivity index (χ3v) is 4.48. The molecule has 3 atom stereocenters. The van der Waals surface area contributed by atoms with Crippen LogP contribution in [0, 0.1) is 22.0 Å². The summed E-state index contributed by atoms with van der Waals surface area (Å²) in [5, 5.41) is 10.9. The smallest absolute Gasteiger partial charge is 0.270 e. The number of hydrogen-bond acceptors (Lipinski definition) is 4. The maximum absolute atomic E-state index is 11.9. The van der Waals surface area contributed by atoms with E-state index >= 15 is 0 Å². The van der Waals surface area contributed by atoms with Gasteiger partial charge in [0.2, 0.25) is 0 Å². The Morgan fingerprint density at radius 2 is 2.00 bits per heavy atom. The van der Waals surface area contributed by atoms with Crippen LogP contribution in [0.4, 0.5) is 11.4 Å². The lowest BCUT2D eigenvalue weighted by atomic mass is 9.85. The summed E-state index contributed by atoms with van der Waals surface area (Å²) in [7, 11) is 0. The molecular weight excluding hydrogens is 268 g/mol. The topological polar surface area (TPSA) is 63.4 Å². The molecule has 1 aromatic rings. The highest BCUT2D eigenvalue weighted by Gasteiger charge is 2.31. The highest BCUT2D eigenvalue weighted by molar-refractivity contribution is 6.00. The molecule has 1 aromatic carbocycles. The number of Topliss-reactive ketones (excluding diaryl/α,β-unsaturated/α-hetero) is 1. The first-order chi connectivity index (χ1) is 9.81. The molecular formula is C16H22N2O3. The Morgan fingerprint density at radius 3 is 2.57 bits per heavy atom. The first kappa shape index (κ1) is 15.5. The van der Waals surface area contributed by atoms with Gasteiger partial charge in [0.25, 0.3) is 5.69 Å². The molecule has 0 spiro atoms. The zero-order chi connectivity index (χ0) is 15.7. The number of carbonyl (C=O) groups is 1. The normalized spacial score (nSPS) is 25.7. The van der Waals surface area contributed by atoms with Gasteiger partial charge in [0, 0.05) is 36.0 Å². The number of ketones is 1. The zero-order valence-corrected chi connectivity index (χ0v) is 13.0. The Labute approximate surface area is 125 Å². The van der Waals surface area contributed by atoms with Crippen LogP contribution in [-0.4, -0.2) is 23.3 Å². The molecule has 1 saturated heterocycles. The van der Waals surface area contributed by atoms with Gasteiger partial charge in [-0.15, -0.1) is 0 Å². The molecule has 0 amide bonds. The quantitative estimate of drug-likeness (QED) is 0.484. The number of carbonyl (C=O) groups excluding carboxylic acids is 1. The molecule has 114 valence electrons. The molecule has 0 radical (unpaired) electrons. The fourth-order valence-corrected chi connectivity index (χ4v) is 3.20. The number of anilines is 1. The lowest BCUT2D eigenvalue weighted by Gasteiger charge is -2.43. The van der Waals surface area contributed by atoms with Crippen LogP contribution >= 0.6 is 0 Å². The Kier molecular flexibility index (Phi) is 4.30. The highest BCUT2D eigenvalue weighted by Crippen LogP contribution is 2.34. The van der Waals surface area contributed by atoms with E-state index in [0.29, 0.717) is 23.4 Å². The predicted octanol–water partition coefficient (Wildman–Crippen LogP) is 3.67. The summed E-state index contributed by atoms with van der Waals surface area (Å²) in [6.07, 6.45) is 1.17. The molecule has 1 aliphatic rings. The molecule has 0 saturated carbocycles. The second-order valence-corrected chi connectivity index (χ2v) is 6.23. The number of nitrogens with zero attached hydrogens (tertiary/aromatic N) is 2. The standard InChI is InChI=1S/C16H22N2O3/c1-10-7-11(2)12(3)17(9-10)16-6-5-14(18(20)21)8-15(16)13(4)19/h5-6,8,10-12H,7,9H2,1-4H3. The van der Waals surface area contributed by atoms with Gasteiger partial charge in [-0.2, -0.15) is 0 Å². The lowest BCUT2D eigenvalue weighted by Crippen LogP contribution is -2.46. The second-order valence-electron chi connectivity index (χ2n) is 6.23. The molecule has 0 aromatic heterocycles. The minimum absolute atomic E-state index is 0.0327. The molecule has 3 unspecified atom stereocenters. The molecule has 0 bridgehead atoms. The van der Waals surface area contributed by atoms with Gasteiger partial charge in [0.1, 0.15) is 0 Å². The van der Waals surface area contributed by atoms with Crippen LogP contribution in [0.5, 0.6) is 0 Å². The number of piperidine rings is 1. The number of non-ortho nitro benzene ring substituents is 1. The lowest BCUT2D eigenvalue weighted by molar-refractivity contribution is -0.384. The van der Waals surface area contributed by atoms with E-state index in [9.17, 15) is 14.9 Å². The van der Waals surface area contributed by atoms with E-state index in [2.05, 4.69) is 25.7 Å². The Balaban J connectivity index is 2.47. The van der Waals surface area contributed by atoms with E-state index in [0.717, 1.165) is 12.2 Å². The fraction of sp³-hybridized carbons (Fsp3) is 0.562. The van der Waals surface area contributed by atoms with Crippen molar-refractivity contribution in [2.45, 2.75) is 40.2 Å². The van der Waals surface area contributed by atoms with Crippen molar-refractivity contribution in [2.75, 3.05) is 11.4 Å². The van der Waals surface area contributed by atoms with Gasteiger partial charge < -0.3 is 4.90 Å². The van der Waals surface area contributed by atoms with Crippen molar-refractivity contribution in [3.8, 4) is 0 Å². The van der Waals surface area contributed by atoms with Crippen molar-refractivity contribution in [3.05, 3.63) is 33.9 Å². The van der Waals surface area contributed by atoms with E-state index in [1.807, 2.05) is 0 Å². The molecule has 21 heavy (non-hydrogen) atoms. The van der Waals surface area contributed by atoms with Gasteiger partial charge in [-0.05, 0) is 38.2 Å². The fourth-order valence-electron chi connectivity index (χ4n) is 3.20. The first-order valence-corrected chi connectivity index (χ1v) is 7.37. The minimum atomic E-state index is -0.457. The van der Waals surface area contributed by atoms with Crippen LogP contribution in [0.3, 0.4) is 0 Å². The third kappa shape index (κ3) is 3.06. The average Bonchev–Trinajstić information content (AvgIpc) is 2.42. The van der Waals surface area contributed by atoms with E-state index in [1.54, 1.807) is 6.07 Å². The maximum Gasteiger partial charge on any atom is 0.270 e. The SMILES string of the molecule is CC(=O)c1cc([N+](=O)[O-])ccc1N1CC(C)CC(C)C1C. The van der Waals surface area contributed by atoms with Crippen LogP contribution in [0.15, 0.2) is 18.2 Å². The van der Waals surface area contributed by atoms with Crippen molar-refractivity contribution in [3.63, 3.8) is 0 Å². The molecule has 0 N–H and O–H groups in total. The monoisotopic (exact) mass is 290 g/mol. The van der Waals surface area contributed by atoms with Crippen molar-refractivity contribution in [2.24, 2.45) is 11.8 Å². The van der Waals surface area contributed by atoms with Crippen LogP contribution in [0.1, 0.15) is 44.5 Å². The molecule has 0 aliphatic carbocycles. The van der Waals surface area contributed by atoms with Gasteiger partial charge in [-0.3, -0.25) is 14.9 Å². The number of rotatable bonds is 3. The summed E-state index contributed by atoms with van der Waals surface area (Å²) in [5.41, 5.74) is 1.23. The van der Waals surface area contributed by atoms with Crippen molar-refractivity contribution < 1.29 is 9.72 Å². The van der Waals surface area contributed by atoms with Crippen LogP contribution < -0.4 is 4.90 Å². The van der Waals surface area contributed by atoms with Crippen molar-refractivity contribution >= 4 is 17.2 Å². The van der Waals surface area contributed by atoms with Crippen LogP contribution in [0.25, 0.3) is 0 Å².